The minimum absolute atomic E-state index is 0.00620. The molecule has 0 saturated carbocycles. The Kier molecular flexibility index (Phi) is 6.81. The third-order valence-corrected chi connectivity index (χ3v) is 6.98. The molecule has 7 nitrogen and oxygen atoms in total. The number of ether oxygens (including phenoxy) is 3. The Bertz CT molecular complexity index is 1110. The van der Waals surface area contributed by atoms with Gasteiger partial charge in [-0.2, -0.15) is 0 Å². The predicted molar refractivity (Wildman–Crippen MR) is 127 cm³/mol. The van der Waals surface area contributed by atoms with Crippen molar-refractivity contribution in [1.82, 2.24) is 9.88 Å². The van der Waals surface area contributed by atoms with Crippen molar-refractivity contribution in [2.45, 2.75) is 27.2 Å². The first kappa shape index (κ1) is 22.4. The highest BCUT2D eigenvalue weighted by atomic mass is 32.1. The van der Waals surface area contributed by atoms with Crippen molar-refractivity contribution >= 4 is 32.6 Å². The van der Waals surface area contributed by atoms with Crippen LogP contribution in [0.1, 0.15) is 25.0 Å². The minimum Gasteiger partial charge on any atom is -0.494 e. The van der Waals surface area contributed by atoms with Gasteiger partial charge in [0.2, 0.25) is 12.7 Å². The Morgan fingerprint density at radius 3 is 2.66 bits per heavy atom. The molecular formula is C24H29N3O4S. The molecule has 0 aliphatic carbocycles. The molecule has 0 fully saturated rings. The van der Waals surface area contributed by atoms with Gasteiger partial charge in [0.05, 0.1) is 18.2 Å². The number of methoxy groups -OCH3 is 1. The Labute approximate surface area is 192 Å². The smallest absolute Gasteiger partial charge is 0.233 e. The van der Waals surface area contributed by atoms with Crippen molar-refractivity contribution in [3.8, 4) is 17.2 Å². The number of rotatable bonds is 9. The molecule has 0 radical (unpaired) electrons. The molecule has 2 heterocycles. The lowest BCUT2D eigenvalue weighted by Gasteiger charge is -2.24. The summed E-state index contributed by atoms with van der Waals surface area (Å²) < 4.78 is 17.4. The quantitative estimate of drug-likeness (QED) is 0.480. The Balaban J connectivity index is 1.64. The summed E-state index contributed by atoms with van der Waals surface area (Å²) in [7, 11) is 1.64. The number of carbonyl (C=O) groups excluding carboxylic acids is 1. The highest BCUT2D eigenvalue weighted by molar-refractivity contribution is 7.22. The lowest BCUT2D eigenvalue weighted by atomic mass is 10.1. The number of carbonyl (C=O) groups is 1. The number of benzene rings is 2. The molecule has 0 N–H and O–H groups in total. The van der Waals surface area contributed by atoms with Crippen LogP contribution in [-0.2, 0) is 11.2 Å². The largest absolute Gasteiger partial charge is 0.494 e. The summed E-state index contributed by atoms with van der Waals surface area (Å²) in [6, 6.07) is 9.61. The zero-order chi connectivity index (χ0) is 22.7. The van der Waals surface area contributed by atoms with Crippen molar-refractivity contribution in [2.75, 3.05) is 45.0 Å². The molecule has 32 heavy (non-hydrogen) atoms. The zero-order valence-electron chi connectivity index (χ0n) is 19.0. The lowest BCUT2D eigenvalue weighted by molar-refractivity contribution is -0.118. The monoisotopic (exact) mass is 455 g/mol. The number of fused-ring (bicyclic) bond motifs is 2. The summed E-state index contributed by atoms with van der Waals surface area (Å²) in [5.74, 6) is 2.13. The van der Waals surface area contributed by atoms with Gasteiger partial charge in [0.15, 0.2) is 16.6 Å². The Morgan fingerprint density at radius 1 is 1.12 bits per heavy atom. The van der Waals surface area contributed by atoms with Crippen molar-refractivity contribution in [3.05, 3.63) is 41.5 Å². The zero-order valence-corrected chi connectivity index (χ0v) is 19.8. The van der Waals surface area contributed by atoms with Crippen LogP contribution >= 0.6 is 11.3 Å². The number of amides is 1. The van der Waals surface area contributed by atoms with E-state index in [1.165, 1.54) is 11.3 Å². The summed E-state index contributed by atoms with van der Waals surface area (Å²) in [5.41, 5.74) is 2.81. The fourth-order valence-corrected chi connectivity index (χ4v) is 4.90. The van der Waals surface area contributed by atoms with E-state index < -0.39 is 0 Å². The molecule has 0 spiro atoms. The molecule has 4 rings (SSSR count). The summed E-state index contributed by atoms with van der Waals surface area (Å²) in [6.07, 6.45) is 0.265. The Morgan fingerprint density at radius 2 is 1.91 bits per heavy atom. The van der Waals surface area contributed by atoms with Crippen LogP contribution in [0.5, 0.6) is 17.2 Å². The number of aromatic nitrogens is 1. The number of nitrogens with zero attached hydrogens (tertiary/aromatic N) is 3. The number of aryl methyl sites for hydroxylation is 1. The molecule has 3 aromatic rings. The van der Waals surface area contributed by atoms with E-state index in [2.05, 4.69) is 25.7 Å². The molecule has 1 aliphatic rings. The number of hydrogen-bond acceptors (Lipinski definition) is 7. The fourth-order valence-electron chi connectivity index (χ4n) is 3.81. The topological polar surface area (TPSA) is 64.1 Å². The maximum absolute atomic E-state index is 13.5. The van der Waals surface area contributed by atoms with Crippen molar-refractivity contribution in [3.63, 3.8) is 0 Å². The lowest BCUT2D eigenvalue weighted by Crippen LogP contribution is -2.39. The normalized spacial score (nSPS) is 12.5. The van der Waals surface area contributed by atoms with Crippen LogP contribution in [-0.4, -0.2) is 55.9 Å². The highest BCUT2D eigenvalue weighted by Crippen LogP contribution is 2.37. The van der Waals surface area contributed by atoms with Gasteiger partial charge >= 0.3 is 0 Å². The molecule has 0 atom stereocenters. The third kappa shape index (κ3) is 4.52. The average molecular weight is 456 g/mol. The number of likely N-dealkylation sites (N-methyl/N-ethyl adjacent to an activating group) is 1. The van der Waals surface area contributed by atoms with Gasteiger partial charge in [-0.15, -0.1) is 0 Å². The second-order valence-electron chi connectivity index (χ2n) is 7.70. The van der Waals surface area contributed by atoms with Crippen LogP contribution in [0.15, 0.2) is 30.3 Å². The maximum atomic E-state index is 13.5. The van der Waals surface area contributed by atoms with E-state index in [1.54, 1.807) is 7.11 Å². The van der Waals surface area contributed by atoms with Crippen LogP contribution in [0, 0.1) is 6.92 Å². The van der Waals surface area contributed by atoms with Crippen LogP contribution in [0.4, 0.5) is 5.13 Å². The first-order valence-electron chi connectivity index (χ1n) is 10.9. The van der Waals surface area contributed by atoms with Gasteiger partial charge in [-0.1, -0.05) is 37.3 Å². The van der Waals surface area contributed by atoms with Crippen LogP contribution in [0.2, 0.25) is 0 Å². The van der Waals surface area contributed by atoms with E-state index in [0.29, 0.717) is 23.2 Å². The molecule has 0 unspecified atom stereocenters. The molecule has 170 valence electrons. The number of anilines is 1. The SMILES string of the molecule is CCN(CC)CCN(C(=O)Cc1ccc2c(c1)OCO2)c1nc2c(OC)ccc(C)c2s1. The van der Waals surface area contributed by atoms with Gasteiger partial charge in [-0.05, 0) is 49.3 Å². The Hall–Kier alpha value is -2.84. The maximum Gasteiger partial charge on any atom is 0.233 e. The minimum atomic E-state index is 0.00620. The number of thiazole rings is 1. The van der Waals surface area contributed by atoms with Crippen molar-refractivity contribution in [2.24, 2.45) is 0 Å². The van der Waals surface area contributed by atoms with Gasteiger partial charge < -0.3 is 19.1 Å². The van der Waals surface area contributed by atoms with E-state index >= 15 is 0 Å². The molecule has 1 amide bonds. The molecule has 0 bridgehead atoms. The van der Waals surface area contributed by atoms with Crippen LogP contribution in [0.3, 0.4) is 0 Å². The van der Waals surface area contributed by atoms with Gasteiger partial charge in [-0.25, -0.2) is 4.98 Å². The van der Waals surface area contributed by atoms with Gasteiger partial charge in [0.25, 0.3) is 0 Å². The second-order valence-corrected chi connectivity index (χ2v) is 8.67. The highest BCUT2D eigenvalue weighted by Gasteiger charge is 2.23. The molecule has 8 heteroatoms. The molecular weight excluding hydrogens is 426 g/mol. The van der Waals surface area contributed by atoms with E-state index in [9.17, 15) is 4.79 Å². The summed E-state index contributed by atoms with van der Waals surface area (Å²) in [6.45, 7) is 9.77. The van der Waals surface area contributed by atoms with E-state index in [1.807, 2.05) is 35.2 Å². The van der Waals surface area contributed by atoms with Crippen molar-refractivity contribution in [1.29, 1.82) is 0 Å². The molecule has 1 aromatic heterocycles. The average Bonchev–Trinajstić information content (AvgIpc) is 3.44. The van der Waals surface area contributed by atoms with Gasteiger partial charge in [-0.3, -0.25) is 9.69 Å². The van der Waals surface area contributed by atoms with Gasteiger partial charge in [0, 0.05) is 13.1 Å². The van der Waals surface area contributed by atoms with Crippen molar-refractivity contribution < 1.29 is 19.0 Å². The summed E-state index contributed by atoms with van der Waals surface area (Å²) >= 11 is 1.54. The van der Waals surface area contributed by atoms with E-state index in [0.717, 1.165) is 46.7 Å². The van der Waals surface area contributed by atoms with E-state index in [4.69, 9.17) is 19.2 Å². The summed E-state index contributed by atoms with van der Waals surface area (Å²) in [5, 5.41) is 0.700. The molecule has 2 aromatic carbocycles. The second kappa shape index (κ2) is 9.75. The predicted octanol–water partition coefficient (Wildman–Crippen LogP) is 4.26. The molecule has 0 saturated heterocycles. The third-order valence-electron chi connectivity index (χ3n) is 5.77. The van der Waals surface area contributed by atoms with E-state index in [-0.39, 0.29) is 19.1 Å². The first-order chi connectivity index (χ1) is 15.5. The first-order valence-corrected chi connectivity index (χ1v) is 11.7. The summed E-state index contributed by atoms with van der Waals surface area (Å²) in [4.78, 5) is 22.4. The van der Waals surface area contributed by atoms with Crippen LogP contribution < -0.4 is 19.1 Å². The fraction of sp³-hybridized carbons (Fsp3) is 0.417. The number of hydrogen-bond donors (Lipinski definition) is 0. The van der Waals surface area contributed by atoms with Gasteiger partial charge in [0.1, 0.15) is 11.3 Å². The standard InChI is InChI=1S/C24H29N3O4S/c1-5-26(6-2)11-12-27(21(28)14-17-8-10-18-20(13-17)31-15-30-18)24-25-22-19(29-4)9-7-16(3)23(22)32-24/h7-10,13H,5-6,11-12,14-15H2,1-4H3. The molecule has 1 aliphatic heterocycles. The van der Waals surface area contributed by atoms with Crippen LogP contribution in [0.25, 0.3) is 10.2 Å².